The molecule has 0 bridgehead atoms. The summed E-state index contributed by atoms with van der Waals surface area (Å²) in [5.41, 5.74) is 13.1. The summed E-state index contributed by atoms with van der Waals surface area (Å²) in [7, 11) is 0. The van der Waals surface area contributed by atoms with Gasteiger partial charge in [-0.3, -0.25) is 0 Å². The molecule has 0 spiro atoms. The fourth-order valence-corrected chi connectivity index (χ4v) is 8.32. The van der Waals surface area contributed by atoms with E-state index in [0.717, 1.165) is 11.2 Å². The van der Waals surface area contributed by atoms with E-state index in [4.69, 9.17) is 0 Å². The zero-order valence-corrected chi connectivity index (χ0v) is 26.6. The van der Waals surface area contributed by atoms with E-state index in [-0.39, 0.29) is 0 Å². The quantitative estimate of drug-likeness (QED) is 0.186. The summed E-state index contributed by atoms with van der Waals surface area (Å²) in [5.74, 6) is 0. The van der Waals surface area contributed by atoms with E-state index >= 15 is 0 Å². The van der Waals surface area contributed by atoms with Gasteiger partial charge in [0, 0.05) is 38.3 Å². The molecule has 0 aliphatic rings. The van der Waals surface area contributed by atoms with Crippen molar-refractivity contribution in [3.8, 4) is 22.5 Å². The van der Waals surface area contributed by atoms with Crippen LogP contribution in [0.4, 0.5) is 0 Å². The van der Waals surface area contributed by atoms with Gasteiger partial charge >= 0.3 is 0 Å². The standard InChI is InChI=1S/C46H29N3/c1-2-14-33(15-3-1)47-39-19-6-4-17-35(39)37-26-25-32(29-44(37)47)31-13-10-16-34(28-31)48-41-21-8-9-22-42(41)49-40-20-7-5-18-36(40)38-27-24-30-12-11-23-43(48)45(30)46(38)49/h1-29H. The zero-order valence-electron chi connectivity index (χ0n) is 26.6. The second-order valence-electron chi connectivity index (χ2n) is 13.0. The molecule has 228 valence electrons. The summed E-state index contributed by atoms with van der Waals surface area (Å²) in [6.07, 6.45) is 0. The van der Waals surface area contributed by atoms with Crippen LogP contribution in [0.2, 0.25) is 0 Å². The van der Waals surface area contributed by atoms with E-state index < -0.39 is 0 Å². The van der Waals surface area contributed by atoms with E-state index in [1.54, 1.807) is 0 Å². The van der Waals surface area contributed by atoms with Crippen LogP contribution in [-0.2, 0) is 0 Å². The molecule has 49 heavy (non-hydrogen) atoms. The summed E-state index contributed by atoms with van der Waals surface area (Å²) < 4.78 is 7.33. The van der Waals surface area contributed by atoms with Crippen molar-refractivity contribution < 1.29 is 0 Å². The molecular weight excluding hydrogens is 595 g/mol. The van der Waals surface area contributed by atoms with E-state index in [1.807, 2.05) is 0 Å². The maximum atomic E-state index is 2.48. The van der Waals surface area contributed by atoms with Gasteiger partial charge in [-0.15, -0.1) is 0 Å². The lowest BCUT2D eigenvalue weighted by Gasteiger charge is -2.14. The van der Waals surface area contributed by atoms with Crippen molar-refractivity contribution in [3.63, 3.8) is 0 Å². The molecule has 11 rings (SSSR count). The van der Waals surface area contributed by atoms with Crippen LogP contribution >= 0.6 is 0 Å². The number of benzene rings is 8. The zero-order chi connectivity index (χ0) is 32.1. The highest BCUT2D eigenvalue weighted by Crippen LogP contribution is 2.40. The highest BCUT2D eigenvalue weighted by Gasteiger charge is 2.19. The number of para-hydroxylation sites is 5. The molecule has 0 atom stereocenters. The van der Waals surface area contributed by atoms with E-state index in [9.17, 15) is 0 Å². The summed E-state index contributed by atoms with van der Waals surface area (Å²) in [6, 6.07) is 64.3. The van der Waals surface area contributed by atoms with Gasteiger partial charge in [0.1, 0.15) is 0 Å². The first kappa shape index (κ1) is 26.5. The molecule has 0 aliphatic carbocycles. The maximum Gasteiger partial charge on any atom is 0.0703 e. The third-order valence-electron chi connectivity index (χ3n) is 10.4. The minimum Gasteiger partial charge on any atom is -0.309 e. The topological polar surface area (TPSA) is 14.3 Å². The van der Waals surface area contributed by atoms with Crippen LogP contribution in [0.3, 0.4) is 0 Å². The Bertz CT molecular complexity index is 3080. The minimum atomic E-state index is 1.13. The Labute approximate surface area is 282 Å². The van der Waals surface area contributed by atoms with E-state index in [2.05, 4.69) is 189 Å². The molecule has 0 N–H and O–H groups in total. The fourth-order valence-electron chi connectivity index (χ4n) is 8.32. The fraction of sp³-hybridized carbons (Fsp3) is 0. The Morgan fingerprint density at radius 2 is 0.898 bits per heavy atom. The third-order valence-corrected chi connectivity index (χ3v) is 10.4. The second kappa shape index (κ2) is 9.96. The predicted molar refractivity (Wildman–Crippen MR) is 207 cm³/mol. The van der Waals surface area contributed by atoms with Crippen LogP contribution in [0, 0.1) is 0 Å². The van der Waals surface area contributed by atoms with Gasteiger partial charge in [0.15, 0.2) is 0 Å². The van der Waals surface area contributed by atoms with Crippen molar-refractivity contribution in [2.24, 2.45) is 0 Å². The second-order valence-corrected chi connectivity index (χ2v) is 13.0. The Kier molecular flexibility index (Phi) is 5.38. The summed E-state index contributed by atoms with van der Waals surface area (Å²) >= 11 is 0. The SMILES string of the molecule is c1ccc(-n2c3ccccc3c3ccc(-c4cccc(-n5c6cccc7ccc8c9ccccc9n(c9ccccc95)c8c76)c4)cc32)cc1. The first-order valence-corrected chi connectivity index (χ1v) is 16.9. The van der Waals surface area contributed by atoms with Gasteiger partial charge in [-0.25, -0.2) is 0 Å². The average molecular weight is 624 g/mol. The molecule has 11 aromatic rings. The molecule has 0 aliphatic heterocycles. The number of rotatable bonds is 3. The van der Waals surface area contributed by atoms with Crippen molar-refractivity contribution in [1.29, 1.82) is 0 Å². The normalized spacial score (nSPS) is 12.1. The van der Waals surface area contributed by atoms with Crippen LogP contribution in [-0.4, -0.2) is 13.5 Å². The van der Waals surface area contributed by atoms with Crippen molar-refractivity contribution in [3.05, 3.63) is 176 Å². The number of nitrogens with zero attached hydrogens (tertiary/aromatic N) is 3. The van der Waals surface area contributed by atoms with Gasteiger partial charge < -0.3 is 13.5 Å². The smallest absolute Gasteiger partial charge is 0.0703 e. The molecule has 0 fully saturated rings. The molecule has 0 radical (unpaired) electrons. The number of hydrogen-bond donors (Lipinski definition) is 0. The molecule has 0 unspecified atom stereocenters. The van der Waals surface area contributed by atoms with Crippen LogP contribution in [0.15, 0.2) is 176 Å². The molecule has 0 saturated carbocycles. The van der Waals surface area contributed by atoms with Gasteiger partial charge in [-0.05, 0) is 77.2 Å². The molecule has 3 nitrogen and oxygen atoms in total. The van der Waals surface area contributed by atoms with Crippen LogP contribution < -0.4 is 0 Å². The van der Waals surface area contributed by atoms with Gasteiger partial charge in [0.25, 0.3) is 0 Å². The van der Waals surface area contributed by atoms with Crippen LogP contribution in [0.1, 0.15) is 0 Å². The summed E-state index contributed by atoms with van der Waals surface area (Å²) in [4.78, 5) is 0. The van der Waals surface area contributed by atoms with Crippen molar-refractivity contribution in [1.82, 2.24) is 13.5 Å². The molecular formula is C46H29N3. The van der Waals surface area contributed by atoms with Crippen molar-refractivity contribution in [2.45, 2.75) is 0 Å². The Morgan fingerprint density at radius 3 is 1.76 bits per heavy atom. The van der Waals surface area contributed by atoms with E-state index in [0.29, 0.717) is 0 Å². The average Bonchev–Trinajstić information content (AvgIpc) is 3.64. The first-order chi connectivity index (χ1) is 24.3. The molecule has 0 saturated heterocycles. The first-order valence-electron chi connectivity index (χ1n) is 16.9. The van der Waals surface area contributed by atoms with Crippen LogP contribution in [0.5, 0.6) is 0 Å². The molecule has 3 heteroatoms. The van der Waals surface area contributed by atoms with Gasteiger partial charge in [0.05, 0.1) is 38.6 Å². The number of hydrogen-bond acceptors (Lipinski definition) is 0. The Balaban J connectivity index is 1.22. The molecule has 0 amide bonds. The lowest BCUT2D eigenvalue weighted by atomic mass is 10.0. The van der Waals surface area contributed by atoms with Gasteiger partial charge in [-0.1, -0.05) is 115 Å². The highest BCUT2D eigenvalue weighted by atomic mass is 15.0. The Morgan fingerprint density at radius 1 is 0.306 bits per heavy atom. The summed E-state index contributed by atoms with van der Waals surface area (Å²) in [5, 5.41) is 7.59. The Hall–Kier alpha value is -6.58. The summed E-state index contributed by atoms with van der Waals surface area (Å²) in [6.45, 7) is 0. The monoisotopic (exact) mass is 623 g/mol. The maximum absolute atomic E-state index is 2.48. The van der Waals surface area contributed by atoms with E-state index in [1.165, 1.54) is 82.2 Å². The lowest BCUT2D eigenvalue weighted by Crippen LogP contribution is -1.98. The van der Waals surface area contributed by atoms with Gasteiger partial charge in [-0.2, -0.15) is 0 Å². The largest absolute Gasteiger partial charge is 0.309 e. The van der Waals surface area contributed by atoms with Crippen molar-refractivity contribution >= 4 is 70.9 Å². The van der Waals surface area contributed by atoms with Gasteiger partial charge in [0.2, 0.25) is 0 Å². The third kappa shape index (κ3) is 3.67. The van der Waals surface area contributed by atoms with Crippen LogP contribution in [0.25, 0.3) is 93.4 Å². The predicted octanol–water partition coefficient (Wildman–Crippen LogP) is 12.1. The lowest BCUT2D eigenvalue weighted by molar-refractivity contribution is 1.17. The molecule has 3 aromatic heterocycles. The number of aromatic nitrogens is 3. The van der Waals surface area contributed by atoms with Crippen molar-refractivity contribution in [2.75, 3.05) is 0 Å². The molecule has 8 aromatic carbocycles. The minimum absolute atomic E-state index is 1.13. The number of fused-ring (bicyclic) bond motifs is 8. The molecule has 3 heterocycles. The highest BCUT2D eigenvalue weighted by molar-refractivity contribution is 6.23.